The van der Waals surface area contributed by atoms with Crippen molar-refractivity contribution >= 4 is 49.5 Å². The summed E-state index contributed by atoms with van der Waals surface area (Å²) in [5.74, 6) is 0. The van der Waals surface area contributed by atoms with Crippen LogP contribution in [0.2, 0.25) is 0 Å². The van der Waals surface area contributed by atoms with Crippen LogP contribution in [0, 0.1) is 6.92 Å². The molecule has 220 valence electrons. The molecule has 0 aliphatic heterocycles. The van der Waals surface area contributed by atoms with Gasteiger partial charge in [0.25, 0.3) is 0 Å². The van der Waals surface area contributed by atoms with E-state index in [1.165, 1.54) is 60.6 Å². The zero-order chi connectivity index (χ0) is 30.3. The number of fused-ring (bicyclic) bond motifs is 6. The number of anilines is 1. The molecule has 0 bridgehead atoms. The molecule has 5 aromatic carbocycles. The zero-order valence-corrected chi connectivity index (χ0v) is 25.5. The third-order valence-corrected chi connectivity index (χ3v) is 9.44. The highest BCUT2D eigenvalue weighted by Crippen LogP contribution is 2.45. The van der Waals surface area contributed by atoms with Crippen molar-refractivity contribution in [3.63, 3.8) is 0 Å². The summed E-state index contributed by atoms with van der Waals surface area (Å²) < 4.78 is 2.50. The van der Waals surface area contributed by atoms with Crippen LogP contribution in [-0.2, 0) is 0 Å². The molecule has 1 unspecified atom stereocenters. The lowest BCUT2D eigenvalue weighted by molar-refractivity contribution is 0.671. The number of hydrogen-bond donors (Lipinski definition) is 1. The van der Waals surface area contributed by atoms with Gasteiger partial charge in [-0.25, -0.2) is 0 Å². The molecular weight excluding hydrogens is 548 g/mol. The van der Waals surface area contributed by atoms with Gasteiger partial charge in [-0.2, -0.15) is 0 Å². The molecule has 0 spiro atoms. The van der Waals surface area contributed by atoms with Gasteiger partial charge in [-0.3, -0.25) is 4.99 Å². The number of aromatic nitrogens is 1. The van der Waals surface area contributed by atoms with E-state index in [2.05, 4.69) is 150 Å². The second kappa shape index (κ2) is 11.4. The van der Waals surface area contributed by atoms with Gasteiger partial charge in [-0.1, -0.05) is 115 Å². The van der Waals surface area contributed by atoms with Gasteiger partial charge >= 0.3 is 0 Å². The molecule has 1 aliphatic rings. The smallest absolute Gasteiger partial charge is 0.0862 e. The summed E-state index contributed by atoms with van der Waals surface area (Å²) in [4.78, 5) is 7.46. The molecule has 1 aliphatic carbocycles. The molecular formula is C41H36N4. The molecule has 2 aromatic heterocycles. The minimum atomic E-state index is 0.0106. The number of aliphatic imine (C=N–C) groups is 1. The van der Waals surface area contributed by atoms with E-state index in [0.717, 1.165) is 30.5 Å². The van der Waals surface area contributed by atoms with E-state index in [9.17, 15) is 0 Å². The van der Waals surface area contributed by atoms with E-state index in [1.807, 2.05) is 0 Å². The number of allylic oxidation sites excluding steroid dienone is 4. The quantitative estimate of drug-likeness (QED) is 0.181. The molecule has 0 saturated carbocycles. The fraction of sp³-hybridized carbons (Fsp3) is 0.146. The maximum atomic E-state index is 6.09. The minimum absolute atomic E-state index is 0.0106. The first kappa shape index (κ1) is 27.4. The Morgan fingerprint density at radius 2 is 1.47 bits per heavy atom. The number of nitrogens with zero attached hydrogens (tertiary/aromatic N) is 3. The highest BCUT2D eigenvalue weighted by atomic mass is 15.2. The fourth-order valence-corrected chi connectivity index (χ4v) is 7.47. The van der Waals surface area contributed by atoms with Crippen LogP contribution >= 0.6 is 0 Å². The van der Waals surface area contributed by atoms with Crippen molar-refractivity contribution in [1.29, 1.82) is 0 Å². The van der Waals surface area contributed by atoms with Crippen molar-refractivity contribution in [1.82, 2.24) is 4.40 Å². The molecule has 1 atom stereocenters. The van der Waals surface area contributed by atoms with Crippen LogP contribution in [0.5, 0.6) is 0 Å². The molecule has 4 nitrogen and oxygen atoms in total. The molecule has 0 saturated heterocycles. The largest absolute Gasteiger partial charge is 0.337 e. The number of hydrogen-bond acceptors (Lipinski definition) is 3. The van der Waals surface area contributed by atoms with Crippen LogP contribution in [0.25, 0.3) is 38.1 Å². The fourth-order valence-electron chi connectivity index (χ4n) is 7.47. The molecule has 0 radical (unpaired) electrons. The average Bonchev–Trinajstić information content (AvgIpc) is 3.62. The first-order chi connectivity index (χ1) is 22.2. The number of rotatable bonds is 8. The van der Waals surface area contributed by atoms with Gasteiger partial charge in [0.05, 0.1) is 29.3 Å². The Morgan fingerprint density at radius 1 is 0.778 bits per heavy atom. The predicted octanol–water partition coefficient (Wildman–Crippen LogP) is 9.72. The van der Waals surface area contributed by atoms with E-state index in [4.69, 9.17) is 10.7 Å². The Kier molecular flexibility index (Phi) is 6.92. The van der Waals surface area contributed by atoms with Crippen LogP contribution in [0.15, 0.2) is 144 Å². The molecule has 0 fully saturated rings. The highest BCUT2D eigenvalue weighted by molar-refractivity contribution is 6.24. The van der Waals surface area contributed by atoms with Crippen molar-refractivity contribution in [3.05, 3.63) is 156 Å². The van der Waals surface area contributed by atoms with E-state index < -0.39 is 0 Å². The first-order valence-corrected chi connectivity index (χ1v) is 15.9. The molecule has 8 rings (SSSR count). The van der Waals surface area contributed by atoms with Crippen molar-refractivity contribution in [3.8, 4) is 0 Å². The summed E-state index contributed by atoms with van der Waals surface area (Å²) in [7, 11) is 0. The van der Waals surface area contributed by atoms with E-state index >= 15 is 0 Å². The summed E-state index contributed by atoms with van der Waals surface area (Å²) in [6, 6.07) is 41.6. The second-order valence-electron chi connectivity index (χ2n) is 11.9. The molecule has 2 N–H and O–H groups in total. The predicted molar refractivity (Wildman–Crippen MR) is 191 cm³/mol. The van der Waals surface area contributed by atoms with Crippen LogP contribution in [0.3, 0.4) is 0 Å². The number of para-hydroxylation sites is 2. The van der Waals surface area contributed by atoms with E-state index in [-0.39, 0.29) is 12.7 Å². The third kappa shape index (κ3) is 4.52. The first-order valence-electron chi connectivity index (χ1n) is 15.9. The standard InChI is InChI=1S/C41H36N4/c1-28-37(25-24-35-34-22-13-21-33-32-20-11-12-23-38(32)45(40(28)35)41(33)34)44(31-18-9-4-10-19-31)39(30-16-7-3-8-17-30)26-36(43-27-42)29-14-5-2-6-15-29/h2-9,11-18,20-25,39H,10,19,26-27,42H2,1H3/b43-36+. The van der Waals surface area contributed by atoms with Gasteiger partial charge < -0.3 is 15.0 Å². The zero-order valence-electron chi connectivity index (χ0n) is 25.5. The Hall–Kier alpha value is -5.19. The van der Waals surface area contributed by atoms with Crippen molar-refractivity contribution in [2.45, 2.75) is 32.2 Å². The normalized spacial score (nSPS) is 14.5. The summed E-state index contributed by atoms with van der Waals surface area (Å²) >= 11 is 0. The summed E-state index contributed by atoms with van der Waals surface area (Å²) in [5, 5.41) is 5.21. The Morgan fingerprint density at radius 3 is 2.22 bits per heavy atom. The lowest BCUT2D eigenvalue weighted by atomic mass is 9.92. The van der Waals surface area contributed by atoms with Gasteiger partial charge in [-0.15, -0.1) is 0 Å². The maximum Gasteiger partial charge on any atom is 0.0862 e. The van der Waals surface area contributed by atoms with Crippen LogP contribution in [0.1, 0.15) is 42.0 Å². The SMILES string of the molecule is Cc1c(N(C2=CC=CCC2)C(C/C(=N\CN)c2ccccc2)c2ccccc2)ccc2c3cccc4c5ccccc5n(c12)c43. The molecule has 45 heavy (non-hydrogen) atoms. The molecule has 0 amide bonds. The third-order valence-electron chi connectivity index (χ3n) is 9.44. The minimum Gasteiger partial charge on any atom is -0.337 e. The van der Waals surface area contributed by atoms with Crippen molar-refractivity contribution in [2.75, 3.05) is 11.6 Å². The van der Waals surface area contributed by atoms with Crippen LogP contribution in [-0.4, -0.2) is 16.8 Å². The number of nitrogens with two attached hydrogens (primary N) is 1. The van der Waals surface area contributed by atoms with Gasteiger partial charge in [0.1, 0.15) is 0 Å². The topological polar surface area (TPSA) is 46.0 Å². The molecule has 4 heteroatoms. The lowest BCUT2D eigenvalue weighted by Crippen LogP contribution is -2.31. The van der Waals surface area contributed by atoms with Gasteiger partial charge in [0, 0.05) is 45.1 Å². The summed E-state index contributed by atoms with van der Waals surface area (Å²) in [5.41, 5.74) is 17.1. The second-order valence-corrected chi connectivity index (χ2v) is 11.9. The monoisotopic (exact) mass is 584 g/mol. The summed E-state index contributed by atoms with van der Waals surface area (Å²) in [6.45, 7) is 2.56. The average molecular weight is 585 g/mol. The Bertz CT molecular complexity index is 2240. The lowest BCUT2D eigenvalue weighted by Gasteiger charge is -2.38. The van der Waals surface area contributed by atoms with E-state index in [1.54, 1.807) is 0 Å². The summed E-state index contributed by atoms with van der Waals surface area (Å²) in [6.07, 6.45) is 9.49. The van der Waals surface area contributed by atoms with Crippen LogP contribution in [0.4, 0.5) is 5.69 Å². The number of aryl methyl sites for hydroxylation is 1. The number of benzene rings is 5. The van der Waals surface area contributed by atoms with Gasteiger partial charge in [-0.05, 0) is 54.7 Å². The Labute approximate surface area is 263 Å². The molecule has 7 aromatic rings. The van der Waals surface area contributed by atoms with Crippen molar-refractivity contribution in [2.24, 2.45) is 10.7 Å². The maximum absolute atomic E-state index is 6.09. The Balaban J connectivity index is 1.40. The molecule has 2 heterocycles. The van der Waals surface area contributed by atoms with Crippen LogP contribution < -0.4 is 10.6 Å². The van der Waals surface area contributed by atoms with Crippen molar-refractivity contribution < 1.29 is 0 Å². The van der Waals surface area contributed by atoms with Gasteiger partial charge in [0.15, 0.2) is 0 Å². The van der Waals surface area contributed by atoms with Gasteiger partial charge in [0.2, 0.25) is 0 Å². The highest BCUT2D eigenvalue weighted by Gasteiger charge is 2.29. The van der Waals surface area contributed by atoms with E-state index in [0.29, 0.717) is 0 Å².